The van der Waals surface area contributed by atoms with Crippen molar-refractivity contribution in [3.8, 4) is 11.5 Å². The minimum absolute atomic E-state index is 0.0603. The zero-order valence-corrected chi connectivity index (χ0v) is 18.4. The van der Waals surface area contributed by atoms with Crippen LogP contribution in [0.1, 0.15) is 32.8 Å². The van der Waals surface area contributed by atoms with Crippen LogP contribution < -0.4 is 20.1 Å². The van der Waals surface area contributed by atoms with Crippen molar-refractivity contribution in [2.45, 2.75) is 27.2 Å². The Morgan fingerprint density at radius 3 is 2.30 bits per heavy atom. The van der Waals surface area contributed by atoms with Crippen molar-refractivity contribution in [2.24, 2.45) is 5.92 Å². The van der Waals surface area contributed by atoms with Gasteiger partial charge in [0.1, 0.15) is 0 Å². The molecular formula is C23H27ClN2O4. The second-order valence-electron chi connectivity index (χ2n) is 6.93. The molecule has 0 atom stereocenters. The Labute approximate surface area is 182 Å². The van der Waals surface area contributed by atoms with Crippen molar-refractivity contribution in [1.29, 1.82) is 0 Å². The fourth-order valence-electron chi connectivity index (χ4n) is 2.46. The molecule has 0 spiro atoms. The second-order valence-corrected chi connectivity index (χ2v) is 7.33. The van der Waals surface area contributed by atoms with Gasteiger partial charge in [0, 0.05) is 23.4 Å². The molecule has 6 nitrogen and oxygen atoms in total. The summed E-state index contributed by atoms with van der Waals surface area (Å²) in [6, 6.07) is 10.4. The third-order valence-electron chi connectivity index (χ3n) is 4.07. The average molecular weight is 431 g/mol. The van der Waals surface area contributed by atoms with Gasteiger partial charge in [-0.05, 0) is 54.5 Å². The third-order valence-corrected chi connectivity index (χ3v) is 4.35. The summed E-state index contributed by atoms with van der Waals surface area (Å²) in [5.41, 5.74) is 2.00. The maximum Gasteiger partial charge on any atom is 0.248 e. The molecule has 2 aromatic rings. The smallest absolute Gasteiger partial charge is 0.248 e. The highest BCUT2D eigenvalue weighted by atomic mass is 35.5. The average Bonchev–Trinajstić information content (AvgIpc) is 2.72. The number of anilines is 2. The molecule has 30 heavy (non-hydrogen) atoms. The Morgan fingerprint density at radius 1 is 1.10 bits per heavy atom. The summed E-state index contributed by atoms with van der Waals surface area (Å²) >= 11 is 6.30. The number of carbonyl (C=O) groups excluding carboxylic acids is 2. The third kappa shape index (κ3) is 6.81. The summed E-state index contributed by atoms with van der Waals surface area (Å²) in [5.74, 6) is 0.543. The van der Waals surface area contributed by atoms with Crippen molar-refractivity contribution >= 4 is 40.9 Å². The Balaban J connectivity index is 2.02. The second kappa shape index (κ2) is 11.3. The number of amides is 2. The molecule has 0 bridgehead atoms. The molecule has 7 heteroatoms. The van der Waals surface area contributed by atoms with E-state index in [4.69, 9.17) is 21.1 Å². The van der Waals surface area contributed by atoms with Gasteiger partial charge in [0.25, 0.3) is 0 Å². The summed E-state index contributed by atoms with van der Waals surface area (Å²) in [6.07, 6.45) is 3.91. The summed E-state index contributed by atoms with van der Waals surface area (Å²) in [6.45, 7) is 6.19. The number of methoxy groups -OCH3 is 1. The molecule has 2 rings (SSSR count). The molecule has 0 fully saturated rings. The van der Waals surface area contributed by atoms with Crippen molar-refractivity contribution in [3.05, 3.63) is 53.1 Å². The van der Waals surface area contributed by atoms with Gasteiger partial charge in [0.15, 0.2) is 11.5 Å². The molecule has 160 valence electrons. The van der Waals surface area contributed by atoms with Crippen LogP contribution in [0.5, 0.6) is 11.5 Å². The highest BCUT2D eigenvalue weighted by Gasteiger charge is 2.11. The topological polar surface area (TPSA) is 76.7 Å². The zero-order chi connectivity index (χ0) is 22.1. The summed E-state index contributed by atoms with van der Waals surface area (Å²) in [5, 5.41) is 5.99. The lowest BCUT2D eigenvalue weighted by atomic mass is 10.1. The Kier molecular flexibility index (Phi) is 8.74. The molecule has 0 heterocycles. The fourth-order valence-corrected chi connectivity index (χ4v) is 2.73. The van der Waals surface area contributed by atoms with Crippen LogP contribution in [0, 0.1) is 5.92 Å². The van der Waals surface area contributed by atoms with Crippen LogP contribution >= 0.6 is 11.6 Å². The van der Waals surface area contributed by atoms with E-state index in [2.05, 4.69) is 10.6 Å². The quantitative estimate of drug-likeness (QED) is 0.523. The van der Waals surface area contributed by atoms with Gasteiger partial charge in [-0.1, -0.05) is 32.4 Å². The van der Waals surface area contributed by atoms with Gasteiger partial charge < -0.3 is 20.1 Å². The summed E-state index contributed by atoms with van der Waals surface area (Å²) in [4.78, 5) is 24.0. The van der Waals surface area contributed by atoms with Crippen molar-refractivity contribution in [2.75, 3.05) is 24.4 Å². The SMILES string of the molecule is CCCOc1c(Cl)cc(/C=C/C(=O)Nc2ccc(NC(=O)C(C)C)cc2)cc1OC. The molecule has 2 amide bonds. The van der Waals surface area contributed by atoms with Crippen LogP contribution in [0.2, 0.25) is 5.02 Å². The Bertz CT molecular complexity index is 908. The Morgan fingerprint density at radius 2 is 1.73 bits per heavy atom. The van der Waals surface area contributed by atoms with Crippen molar-refractivity contribution in [3.63, 3.8) is 0 Å². The molecule has 0 saturated heterocycles. The van der Waals surface area contributed by atoms with E-state index in [1.807, 2.05) is 20.8 Å². The lowest BCUT2D eigenvalue weighted by Gasteiger charge is -2.12. The first-order valence-electron chi connectivity index (χ1n) is 9.74. The molecule has 0 aromatic heterocycles. The van der Waals surface area contributed by atoms with Gasteiger partial charge in [-0.2, -0.15) is 0 Å². The van der Waals surface area contributed by atoms with E-state index in [0.717, 1.165) is 6.42 Å². The van der Waals surface area contributed by atoms with E-state index >= 15 is 0 Å². The first-order valence-corrected chi connectivity index (χ1v) is 10.1. The largest absolute Gasteiger partial charge is 0.493 e. The van der Waals surface area contributed by atoms with Gasteiger partial charge >= 0.3 is 0 Å². The molecule has 2 aromatic carbocycles. The van der Waals surface area contributed by atoms with Gasteiger partial charge in [-0.15, -0.1) is 0 Å². The maximum absolute atomic E-state index is 12.2. The highest BCUT2D eigenvalue weighted by Crippen LogP contribution is 2.36. The molecule has 0 unspecified atom stereocenters. The van der Waals surface area contributed by atoms with E-state index in [9.17, 15) is 9.59 Å². The minimum atomic E-state index is -0.296. The highest BCUT2D eigenvalue weighted by molar-refractivity contribution is 6.32. The normalized spacial score (nSPS) is 10.9. The number of nitrogens with one attached hydrogen (secondary N) is 2. The standard InChI is InChI=1S/C23H27ClN2O4/c1-5-12-30-22-19(24)13-16(14-20(22)29-4)6-11-21(27)25-17-7-9-18(10-8-17)26-23(28)15(2)3/h6-11,13-15H,5,12H2,1-4H3,(H,25,27)(H,26,28)/b11-6+. The number of halogens is 1. The van der Waals surface area contributed by atoms with E-state index in [0.29, 0.717) is 40.1 Å². The summed E-state index contributed by atoms with van der Waals surface area (Å²) in [7, 11) is 1.54. The fraction of sp³-hybridized carbons (Fsp3) is 0.304. The molecule has 0 aliphatic heterocycles. The lowest BCUT2D eigenvalue weighted by molar-refractivity contribution is -0.119. The number of hydrogen-bond acceptors (Lipinski definition) is 4. The molecule has 0 aliphatic rings. The number of hydrogen-bond donors (Lipinski definition) is 2. The van der Waals surface area contributed by atoms with Gasteiger partial charge in [0.2, 0.25) is 11.8 Å². The number of ether oxygens (including phenoxy) is 2. The first-order chi connectivity index (χ1) is 14.3. The molecule has 2 N–H and O–H groups in total. The van der Waals surface area contributed by atoms with Gasteiger partial charge in [-0.25, -0.2) is 0 Å². The maximum atomic E-state index is 12.2. The summed E-state index contributed by atoms with van der Waals surface area (Å²) < 4.78 is 11.0. The minimum Gasteiger partial charge on any atom is -0.493 e. The number of benzene rings is 2. The Hall–Kier alpha value is -2.99. The molecule has 0 saturated carbocycles. The van der Waals surface area contributed by atoms with Crippen LogP contribution in [-0.2, 0) is 9.59 Å². The first kappa shape index (κ1) is 23.3. The predicted molar refractivity (Wildman–Crippen MR) is 121 cm³/mol. The molecular weight excluding hydrogens is 404 g/mol. The van der Waals surface area contributed by atoms with Gasteiger partial charge in [0.05, 0.1) is 18.7 Å². The molecule has 0 radical (unpaired) electrons. The van der Waals surface area contributed by atoms with E-state index < -0.39 is 0 Å². The van der Waals surface area contributed by atoms with Crippen molar-refractivity contribution < 1.29 is 19.1 Å². The van der Waals surface area contributed by atoms with Crippen LogP contribution in [0.3, 0.4) is 0 Å². The van der Waals surface area contributed by atoms with Crippen LogP contribution in [0.4, 0.5) is 11.4 Å². The predicted octanol–water partition coefficient (Wildman–Crippen LogP) is 5.38. The van der Waals surface area contributed by atoms with Crippen molar-refractivity contribution in [1.82, 2.24) is 0 Å². The van der Waals surface area contributed by atoms with E-state index in [1.54, 1.807) is 42.5 Å². The number of rotatable bonds is 9. The number of carbonyl (C=O) groups is 2. The molecule has 0 aliphatic carbocycles. The lowest BCUT2D eigenvalue weighted by Crippen LogP contribution is -2.17. The van der Waals surface area contributed by atoms with Crippen LogP contribution in [0.15, 0.2) is 42.5 Å². The van der Waals surface area contributed by atoms with Crippen LogP contribution in [0.25, 0.3) is 6.08 Å². The van der Waals surface area contributed by atoms with E-state index in [-0.39, 0.29) is 17.7 Å². The van der Waals surface area contributed by atoms with Gasteiger partial charge in [-0.3, -0.25) is 9.59 Å². The van der Waals surface area contributed by atoms with Crippen LogP contribution in [-0.4, -0.2) is 25.5 Å². The van der Waals surface area contributed by atoms with E-state index in [1.165, 1.54) is 13.2 Å². The zero-order valence-electron chi connectivity index (χ0n) is 17.6. The monoisotopic (exact) mass is 430 g/mol.